The van der Waals surface area contributed by atoms with Gasteiger partial charge in [-0.1, -0.05) is 0 Å². The molecule has 0 spiro atoms. The molecule has 0 unspecified atom stereocenters. The Morgan fingerprint density at radius 2 is 2.10 bits per heavy atom. The van der Waals surface area contributed by atoms with Gasteiger partial charge in [0.15, 0.2) is 5.82 Å². The van der Waals surface area contributed by atoms with Crippen LogP contribution in [0, 0.1) is 12.7 Å². The van der Waals surface area contributed by atoms with E-state index in [9.17, 15) is 4.39 Å². The molecule has 2 N–H and O–H groups in total. The Morgan fingerprint density at radius 1 is 1.33 bits per heavy atom. The van der Waals surface area contributed by atoms with Crippen LogP contribution in [0.25, 0.3) is 11.4 Å². The van der Waals surface area contributed by atoms with Crippen LogP contribution in [0.1, 0.15) is 18.4 Å². The van der Waals surface area contributed by atoms with Crippen molar-refractivity contribution < 1.29 is 4.39 Å². The number of nitrogens with one attached hydrogen (secondary N) is 2. The molecule has 1 aliphatic rings. The fourth-order valence-electron chi connectivity index (χ4n) is 2.78. The zero-order valence-corrected chi connectivity index (χ0v) is 12.4. The van der Waals surface area contributed by atoms with Gasteiger partial charge < -0.3 is 10.2 Å². The molecule has 0 bridgehead atoms. The predicted molar refractivity (Wildman–Crippen MR) is 80.8 cm³/mol. The first-order valence-corrected chi connectivity index (χ1v) is 7.28. The third kappa shape index (κ3) is 2.90. The molecule has 0 amide bonds. The molecule has 3 rings (SSSR count). The van der Waals surface area contributed by atoms with Crippen LogP contribution in [0.15, 0.2) is 18.2 Å². The number of aromatic nitrogens is 3. The summed E-state index contributed by atoms with van der Waals surface area (Å²) in [6, 6.07) is 5.28. The normalized spacial score (nSPS) is 16.4. The largest absolute Gasteiger partial charge is 0.339 e. The smallest absolute Gasteiger partial charge is 0.245 e. The van der Waals surface area contributed by atoms with E-state index in [2.05, 4.69) is 25.4 Å². The third-order valence-corrected chi connectivity index (χ3v) is 4.10. The Morgan fingerprint density at radius 3 is 2.76 bits per heavy atom. The van der Waals surface area contributed by atoms with E-state index in [0.717, 1.165) is 43.0 Å². The number of hydrogen-bond acceptors (Lipinski definition) is 4. The number of halogens is 1. The van der Waals surface area contributed by atoms with Gasteiger partial charge in [-0.15, -0.1) is 5.10 Å². The second-order valence-corrected chi connectivity index (χ2v) is 5.49. The molecule has 1 aromatic heterocycles. The number of benzene rings is 1. The van der Waals surface area contributed by atoms with Crippen molar-refractivity contribution in [1.29, 1.82) is 0 Å². The first kappa shape index (κ1) is 14.0. The number of rotatable bonds is 3. The van der Waals surface area contributed by atoms with Crippen LogP contribution in [0.5, 0.6) is 0 Å². The zero-order valence-electron chi connectivity index (χ0n) is 12.4. The van der Waals surface area contributed by atoms with Crippen molar-refractivity contribution in [3.63, 3.8) is 0 Å². The minimum absolute atomic E-state index is 0.231. The zero-order chi connectivity index (χ0) is 14.8. The topological polar surface area (TPSA) is 56.8 Å². The predicted octanol–water partition coefficient (Wildman–Crippen LogP) is 2.11. The quantitative estimate of drug-likeness (QED) is 0.908. The minimum atomic E-state index is -0.231. The molecule has 2 aromatic rings. The standard InChI is InChI=1S/C15H20FN5/c1-10-9-11(16)3-4-13(10)14-18-15(20-19-14)21-7-5-12(17-2)6-8-21/h3-4,9,12,17H,5-8H2,1-2H3,(H,18,19,20). The van der Waals surface area contributed by atoms with Crippen LogP contribution >= 0.6 is 0 Å². The molecule has 5 nitrogen and oxygen atoms in total. The summed E-state index contributed by atoms with van der Waals surface area (Å²) in [5.41, 5.74) is 1.74. The second kappa shape index (κ2) is 5.81. The summed E-state index contributed by atoms with van der Waals surface area (Å²) in [4.78, 5) is 6.75. The second-order valence-electron chi connectivity index (χ2n) is 5.49. The fourth-order valence-corrected chi connectivity index (χ4v) is 2.78. The van der Waals surface area contributed by atoms with Crippen LogP contribution < -0.4 is 10.2 Å². The lowest BCUT2D eigenvalue weighted by Gasteiger charge is -2.30. The lowest BCUT2D eigenvalue weighted by atomic mass is 10.1. The van der Waals surface area contributed by atoms with Gasteiger partial charge in [0.25, 0.3) is 0 Å². The van der Waals surface area contributed by atoms with E-state index in [1.807, 2.05) is 14.0 Å². The van der Waals surface area contributed by atoms with E-state index in [4.69, 9.17) is 0 Å². The summed E-state index contributed by atoms with van der Waals surface area (Å²) in [5.74, 6) is 1.19. The molecule has 1 aromatic carbocycles. The third-order valence-electron chi connectivity index (χ3n) is 4.10. The van der Waals surface area contributed by atoms with Gasteiger partial charge in [-0.05, 0) is 50.6 Å². The lowest BCUT2D eigenvalue weighted by Crippen LogP contribution is -2.41. The van der Waals surface area contributed by atoms with Gasteiger partial charge in [0.2, 0.25) is 5.95 Å². The van der Waals surface area contributed by atoms with E-state index in [-0.39, 0.29) is 5.82 Å². The number of nitrogens with zero attached hydrogens (tertiary/aromatic N) is 3. The Labute approximate surface area is 123 Å². The molecule has 0 aliphatic carbocycles. The summed E-state index contributed by atoms with van der Waals surface area (Å²) in [7, 11) is 2.00. The Bertz CT molecular complexity index is 616. The average molecular weight is 289 g/mol. The highest BCUT2D eigenvalue weighted by Gasteiger charge is 2.21. The monoisotopic (exact) mass is 289 g/mol. The van der Waals surface area contributed by atoms with Gasteiger partial charge in [-0.25, -0.2) is 4.39 Å². The van der Waals surface area contributed by atoms with E-state index < -0.39 is 0 Å². The van der Waals surface area contributed by atoms with Crippen molar-refractivity contribution in [3.8, 4) is 11.4 Å². The van der Waals surface area contributed by atoms with E-state index in [1.165, 1.54) is 12.1 Å². The molecule has 21 heavy (non-hydrogen) atoms. The number of aryl methyl sites for hydroxylation is 1. The van der Waals surface area contributed by atoms with Crippen LogP contribution in [-0.4, -0.2) is 41.4 Å². The summed E-state index contributed by atoms with van der Waals surface area (Å²) in [6.45, 7) is 3.77. The van der Waals surface area contributed by atoms with Crippen LogP contribution in [0.3, 0.4) is 0 Å². The Hall–Kier alpha value is -1.95. The van der Waals surface area contributed by atoms with Crippen LogP contribution in [0.4, 0.5) is 10.3 Å². The van der Waals surface area contributed by atoms with Gasteiger partial charge in [-0.2, -0.15) is 4.98 Å². The summed E-state index contributed by atoms with van der Waals surface area (Å²) in [6.07, 6.45) is 2.19. The average Bonchev–Trinajstić information content (AvgIpc) is 2.97. The van der Waals surface area contributed by atoms with Crippen molar-refractivity contribution in [2.75, 3.05) is 25.0 Å². The molecular formula is C15H20FN5. The molecule has 1 saturated heterocycles. The molecule has 112 valence electrons. The van der Waals surface area contributed by atoms with Gasteiger partial charge in [0, 0.05) is 24.7 Å². The van der Waals surface area contributed by atoms with Crippen molar-refractivity contribution >= 4 is 5.95 Å². The molecule has 0 atom stereocenters. The molecule has 0 saturated carbocycles. The van der Waals surface area contributed by atoms with Crippen molar-refractivity contribution in [3.05, 3.63) is 29.6 Å². The minimum Gasteiger partial charge on any atom is -0.339 e. The number of aromatic amines is 1. The van der Waals surface area contributed by atoms with Crippen LogP contribution in [-0.2, 0) is 0 Å². The van der Waals surface area contributed by atoms with E-state index >= 15 is 0 Å². The maximum atomic E-state index is 13.2. The molecule has 1 aliphatic heterocycles. The lowest BCUT2D eigenvalue weighted by molar-refractivity contribution is 0.439. The fraction of sp³-hybridized carbons (Fsp3) is 0.467. The van der Waals surface area contributed by atoms with Crippen LogP contribution in [0.2, 0.25) is 0 Å². The Balaban J connectivity index is 1.77. The maximum Gasteiger partial charge on any atom is 0.245 e. The summed E-state index contributed by atoms with van der Waals surface area (Å²) < 4.78 is 13.2. The molecular weight excluding hydrogens is 269 g/mol. The van der Waals surface area contributed by atoms with E-state index in [1.54, 1.807) is 6.07 Å². The maximum absolute atomic E-state index is 13.2. The molecule has 2 heterocycles. The molecule has 1 fully saturated rings. The van der Waals surface area contributed by atoms with Gasteiger partial charge in [-0.3, -0.25) is 5.10 Å². The van der Waals surface area contributed by atoms with Crippen molar-refractivity contribution in [1.82, 2.24) is 20.5 Å². The summed E-state index contributed by atoms with van der Waals surface area (Å²) in [5, 5.41) is 10.6. The van der Waals surface area contributed by atoms with E-state index in [0.29, 0.717) is 11.9 Å². The summed E-state index contributed by atoms with van der Waals surface area (Å²) >= 11 is 0. The SMILES string of the molecule is CNC1CCN(c2n[nH]c(-c3ccc(F)cc3C)n2)CC1. The molecule has 6 heteroatoms. The van der Waals surface area contributed by atoms with Gasteiger partial charge >= 0.3 is 0 Å². The first-order valence-electron chi connectivity index (χ1n) is 7.28. The van der Waals surface area contributed by atoms with Gasteiger partial charge in [0.1, 0.15) is 5.82 Å². The Kier molecular flexibility index (Phi) is 3.88. The number of hydrogen-bond donors (Lipinski definition) is 2. The highest BCUT2D eigenvalue weighted by Crippen LogP contribution is 2.23. The van der Waals surface area contributed by atoms with Crippen molar-refractivity contribution in [2.45, 2.75) is 25.8 Å². The highest BCUT2D eigenvalue weighted by molar-refractivity contribution is 5.60. The number of piperidine rings is 1. The first-order chi connectivity index (χ1) is 10.2. The van der Waals surface area contributed by atoms with Crippen molar-refractivity contribution in [2.24, 2.45) is 0 Å². The van der Waals surface area contributed by atoms with Gasteiger partial charge in [0.05, 0.1) is 0 Å². The number of anilines is 1. The number of H-pyrrole nitrogens is 1. The highest BCUT2D eigenvalue weighted by atomic mass is 19.1. The molecule has 0 radical (unpaired) electrons.